The van der Waals surface area contributed by atoms with Crippen LogP contribution in [-0.2, 0) is 0 Å². The molecule has 0 saturated heterocycles. The predicted octanol–water partition coefficient (Wildman–Crippen LogP) is 2.21. The predicted molar refractivity (Wildman–Crippen MR) is 54.5 cm³/mol. The van der Waals surface area contributed by atoms with Gasteiger partial charge in [0.25, 0.3) is 0 Å². The zero-order chi connectivity index (χ0) is 9.64. The molecule has 70 valence electrons. The lowest BCUT2D eigenvalue weighted by molar-refractivity contribution is 0.330. The Bertz CT molecular complexity index is 372. The van der Waals surface area contributed by atoms with Gasteiger partial charge >= 0.3 is 0 Å². The van der Waals surface area contributed by atoms with Crippen LogP contribution in [0.4, 0.5) is 0 Å². The summed E-state index contributed by atoms with van der Waals surface area (Å²) in [4.78, 5) is 0. The topological polar surface area (TPSA) is 40.0 Å². The average Bonchev–Trinajstić information content (AvgIpc) is 2.25. The number of hydrazine groups is 1. The van der Waals surface area contributed by atoms with Gasteiger partial charge in [0.2, 0.25) is 0 Å². The maximum Gasteiger partial charge on any atom is 0.0841 e. The number of allylic oxidation sites excluding steroid dienone is 7. The molecule has 2 aliphatic rings. The van der Waals surface area contributed by atoms with Crippen molar-refractivity contribution in [3.8, 4) is 0 Å². The van der Waals surface area contributed by atoms with Gasteiger partial charge in [-0.2, -0.15) is 5.53 Å². The van der Waals surface area contributed by atoms with Crippen molar-refractivity contribution in [1.82, 2.24) is 10.5 Å². The first-order valence-corrected chi connectivity index (χ1v) is 4.30. The molecule has 0 atom stereocenters. The summed E-state index contributed by atoms with van der Waals surface area (Å²) in [6, 6.07) is 0. The lowest BCUT2D eigenvalue weighted by atomic mass is 10.3. The zero-order valence-corrected chi connectivity index (χ0v) is 7.54. The molecule has 0 amide bonds. The first kappa shape index (κ1) is 8.50. The van der Waals surface area contributed by atoms with Gasteiger partial charge in [0.05, 0.1) is 11.9 Å². The van der Waals surface area contributed by atoms with E-state index in [9.17, 15) is 0 Å². The van der Waals surface area contributed by atoms with E-state index in [1.807, 2.05) is 48.7 Å². The van der Waals surface area contributed by atoms with Crippen LogP contribution >= 0.6 is 0 Å². The minimum atomic E-state index is 0.941. The summed E-state index contributed by atoms with van der Waals surface area (Å²) < 4.78 is 0. The van der Waals surface area contributed by atoms with E-state index >= 15 is 0 Å². The molecule has 2 rings (SSSR count). The van der Waals surface area contributed by atoms with Gasteiger partial charge in [-0.1, -0.05) is 35.6 Å². The van der Waals surface area contributed by atoms with Gasteiger partial charge < -0.3 is 0 Å². The Balaban J connectivity index is 2.28. The summed E-state index contributed by atoms with van der Waals surface area (Å²) in [5.41, 5.74) is 3.71. The molecule has 0 aliphatic carbocycles. The molecule has 0 aromatic rings. The molecule has 0 radical (unpaired) electrons. The Kier molecular flexibility index (Phi) is 2.56. The quantitative estimate of drug-likeness (QED) is 0.630. The molecule has 1 N–H and O–H groups in total. The van der Waals surface area contributed by atoms with E-state index < -0.39 is 0 Å². The van der Waals surface area contributed by atoms with Crippen molar-refractivity contribution in [2.24, 2.45) is 10.3 Å². The molecule has 0 fully saturated rings. The number of nitrogens with one attached hydrogen (secondary N) is 1. The van der Waals surface area contributed by atoms with Crippen LogP contribution in [0.3, 0.4) is 0 Å². The van der Waals surface area contributed by atoms with Gasteiger partial charge in [-0.3, -0.25) is 0 Å². The molecule has 4 nitrogen and oxygen atoms in total. The molecule has 14 heavy (non-hydrogen) atoms. The van der Waals surface area contributed by atoms with Crippen LogP contribution in [0.25, 0.3) is 0 Å². The van der Waals surface area contributed by atoms with Crippen molar-refractivity contribution in [3.63, 3.8) is 0 Å². The van der Waals surface area contributed by atoms with Crippen LogP contribution < -0.4 is 5.53 Å². The van der Waals surface area contributed by atoms with Crippen molar-refractivity contribution in [1.29, 1.82) is 0 Å². The third kappa shape index (κ3) is 1.98. The maximum absolute atomic E-state index is 3.77. The van der Waals surface area contributed by atoms with Crippen molar-refractivity contribution in [2.75, 3.05) is 0 Å². The van der Waals surface area contributed by atoms with E-state index in [1.165, 1.54) is 0 Å². The Morgan fingerprint density at radius 3 is 2.71 bits per heavy atom. The fourth-order valence-corrected chi connectivity index (χ4v) is 1.07. The molecule has 0 bridgehead atoms. The molecular formula is C10H10N4. The second kappa shape index (κ2) is 4.23. The summed E-state index contributed by atoms with van der Waals surface area (Å²) in [5, 5.41) is 9.24. The molecule has 0 aromatic carbocycles. The molecule has 0 unspecified atom stereocenters. The smallest absolute Gasteiger partial charge is 0.0841 e. The zero-order valence-electron chi connectivity index (χ0n) is 7.54. The molecular weight excluding hydrogens is 176 g/mol. The third-order valence-electron chi connectivity index (χ3n) is 1.74. The van der Waals surface area contributed by atoms with E-state index in [0.29, 0.717) is 0 Å². The van der Waals surface area contributed by atoms with Gasteiger partial charge in [0, 0.05) is 6.20 Å². The van der Waals surface area contributed by atoms with Gasteiger partial charge in [0.15, 0.2) is 0 Å². The summed E-state index contributed by atoms with van der Waals surface area (Å²) in [5.74, 6) is 0. The van der Waals surface area contributed by atoms with E-state index in [0.717, 1.165) is 5.70 Å². The number of fused-ring (bicyclic) bond motifs is 1. The molecule has 2 heterocycles. The molecule has 4 heteroatoms. The van der Waals surface area contributed by atoms with Crippen LogP contribution in [0.15, 0.2) is 71.0 Å². The Hall–Kier alpha value is -2.10. The SMILES string of the molecule is C1=C2/C=C/C=C\C=C\C=C\N2NN=N1. The minimum absolute atomic E-state index is 0.941. The standard InChI is InChI=1S/C10H10N4/c1-2-4-6-8-14-10(7-5-3-1)9-11-12-13-14/h1-9H,(H,11,13)/b3-1-,4-2+,7-5+,8-6+. The van der Waals surface area contributed by atoms with Crippen LogP contribution in [0.2, 0.25) is 0 Å². The van der Waals surface area contributed by atoms with E-state index in [1.54, 1.807) is 11.2 Å². The molecule has 2 aliphatic heterocycles. The molecule has 0 spiro atoms. The van der Waals surface area contributed by atoms with Gasteiger partial charge in [-0.25, -0.2) is 5.01 Å². The van der Waals surface area contributed by atoms with Crippen LogP contribution in [0.1, 0.15) is 0 Å². The fourth-order valence-electron chi connectivity index (χ4n) is 1.07. The second-order valence-electron chi connectivity index (χ2n) is 2.71. The fraction of sp³-hybridized carbons (Fsp3) is 0. The number of hydrogen-bond donors (Lipinski definition) is 1. The lowest BCUT2D eigenvalue weighted by Gasteiger charge is -2.20. The molecule has 0 saturated carbocycles. The van der Waals surface area contributed by atoms with Crippen LogP contribution in [0, 0.1) is 0 Å². The highest BCUT2D eigenvalue weighted by Crippen LogP contribution is 2.09. The van der Waals surface area contributed by atoms with Crippen molar-refractivity contribution >= 4 is 0 Å². The largest absolute Gasteiger partial charge is 0.245 e. The maximum atomic E-state index is 3.77. The third-order valence-corrected chi connectivity index (χ3v) is 1.74. The average molecular weight is 186 g/mol. The summed E-state index contributed by atoms with van der Waals surface area (Å²) in [7, 11) is 0. The number of hydrogen-bond acceptors (Lipinski definition) is 4. The van der Waals surface area contributed by atoms with Gasteiger partial charge in [-0.05, 0) is 12.2 Å². The monoisotopic (exact) mass is 186 g/mol. The van der Waals surface area contributed by atoms with E-state index in [2.05, 4.69) is 15.9 Å². The van der Waals surface area contributed by atoms with Crippen LogP contribution in [-0.4, -0.2) is 5.01 Å². The first-order valence-electron chi connectivity index (χ1n) is 4.30. The minimum Gasteiger partial charge on any atom is -0.245 e. The summed E-state index contributed by atoms with van der Waals surface area (Å²) >= 11 is 0. The van der Waals surface area contributed by atoms with E-state index in [4.69, 9.17) is 0 Å². The highest BCUT2D eigenvalue weighted by atomic mass is 15.7. The highest BCUT2D eigenvalue weighted by Gasteiger charge is 2.04. The number of nitrogens with zero attached hydrogens (tertiary/aromatic N) is 3. The Labute approximate surface area is 82.3 Å². The van der Waals surface area contributed by atoms with Gasteiger partial charge in [-0.15, -0.1) is 5.11 Å². The highest BCUT2D eigenvalue weighted by molar-refractivity contribution is 5.26. The number of rotatable bonds is 0. The summed E-state index contributed by atoms with van der Waals surface area (Å²) in [6.45, 7) is 0. The summed E-state index contributed by atoms with van der Waals surface area (Å²) in [6.07, 6.45) is 17.2. The Morgan fingerprint density at radius 1 is 1.00 bits per heavy atom. The van der Waals surface area contributed by atoms with Crippen LogP contribution in [0.5, 0.6) is 0 Å². The van der Waals surface area contributed by atoms with Gasteiger partial charge in [0.1, 0.15) is 0 Å². The normalized spacial score (nSPS) is 28.0. The second-order valence-corrected chi connectivity index (χ2v) is 2.71. The Morgan fingerprint density at radius 2 is 1.79 bits per heavy atom. The van der Waals surface area contributed by atoms with E-state index in [-0.39, 0.29) is 0 Å². The lowest BCUT2D eigenvalue weighted by Crippen LogP contribution is -2.29. The van der Waals surface area contributed by atoms with Crippen molar-refractivity contribution in [3.05, 3.63) is 60.6 Å². The molecule has 0 aromatic heterocycles. The van der Waals surface area contributed by atoms with Crippen molar-refractivity contribution in [2.45, 2.75) is 0 Å². The first-order chi connectivity index (χ1) is 6.97. The van der Waals surface area contributed by atoms with Crippen molar-refractivity contribution < 1.29 is 0 Å².